The van der Waals surface area contributed by atoms with E-state index in [1.165, 1.54) is 0 Å². The van der Waals surface area contributed by atoms with Crippen molar-refractivity contribution in [1.82, 2.24) is 0 Å². The van der Waals surface area contributed by atoms with E-state index in [-0.39, 0.29) is 13.0 Å². The Bertz CT molecular complexity index is 64.1. The molecule has 10 heteroatoms. The summed E-state index contributed by atoms with van der Waals surface area (Å²) in [5, 5.41) is 71.5. The van der Waals surface area contributed by atoms with Crippen LogP contribution in [0.1, 0.15) is 6.42 Å². The van der Waals surface area contributed by atoms with Crippen LogP contribution in [0, 0.1) is 11.3 Å². The van der Waals surface area contributed by atoms with Crippen LogP contribution in [0.2, 0.25) is 0 Å². The molecule has 0 aliphatic heterocycles. The van der Waals surface area contributed by atoms with E-state index in [0.717, 1.165) is 56.9 Å². The molecule has 0 rings (SSSR count). The van der Waals surface area contributed by atoms with Crippen molar-refractivity contribution in [3.63, 3.8) is 0 Å². The van der Waals surface area contributed by atoms with Crippen molar-refractivity contribution in [3.05, 3.63) is 0 Å². The molecule has 0 saturated heterocycles. The SMILES string of the molecule is CO.CO.CO.CO.CO.CO.CO.CO.N#CCCO. The summed E-state index contributed by atoms with van der Waals surface area (Å²) < 4.78 is 0. The lowest BCUT2D eigenvalue weighted by molar-refractivity contribution is 0.304. The van der Waals surface area contributed by atoms with E-state index in [1.54, 1.807) is 6.07 Å². The number of hydrogen-bond acceptors (Lipinski definition) is 10. The van der Waals surface area contributed by atoms with Crippen molar-refractivity contribution in [2.45, 2.75) is 6.42 Å². The van der Waals surface area contributed by atoms with Crippen molar-refractivity contribution in [3.8, 4) is 6.07 Å². The fourth-order valence-electron chi connectivity index (χ4n) is 0.0500. The zero-order chi connectivity index (χ0) is 20.1. The van der Waals surface area contributed by atoms with Gasteiger partial charge in [0, 0.05) is 56.9 Å². The Labute approximate surface area is 128 Å². The average Bonchev–Trinajstić information content (AvgIpc) is 2.69. The summed E-state index contributed by atoms with van der Waals surface area (Å²) in [6.07, 6.45) is 0.250. The van der Waals surface area contributed by atoms with Gasteiger partial charge in [0.1, 0.15) is 0 Å². The van der Waals surface area contributed by atoms with Crippen molar-refractivity contribution in [2.24, 2.45) is 0 Å². The number of aliphatic hydroxyl groups is 9. The van der Waals surface area contributed by atoms with Gasteiger partial charge in [-0.1, -0.05) is 0 Å². The summed E-state index contributed by atoms with van der Waals surface area (Å²) in [5.41, 5.74) is 0. The van der Waals surface area contributed by atoms with Crippen LogP contribution in [0.15, 0.2) is 0 Å². The Morgan fingerprint density at radius 3 is 0.667 bits per heavy atom. The predicted octanol–water partition coefficient (Wildman–Crippen LogP) is -3.24. The lowest BCUT2D eigenvalue weighted by Crippen LogP contribution is -1.72. The van der Waals surface area contributed by atoms with E-state index in [0.29, 0.717) is 0 Å². The second-order valence-corrected chi connectivity index (χ2v) is 0.632. The van der Waals surface area contributed by atoms with Gasteiger partial charge in [0.2, 0.25) is 0 Å². The number of hydrogen-bond donors (Lipinski definition) is 9. The third-order valence-corrected chi connectivity index (χ3v) is 0.224. The Hall–Kier alpha value is -0.870. The summed E-state index contributed by atoms with van der Waals surface area (Å²) in [4.78, 5) is 0. The molecule has 0 fully saturated rings. The molecule has 0 radical (unpaired) electrons. The summed E-state index contributed by atoms with van der Waals surface area (Å²) in [6.45, 7) is -0.0174. The number of rotatable bonds is 1. The number of nitrogens with zero attached hydrogens (tertiary/aromatic N) is 1. The molecule has 0 bridgehead atoms. The minimum Gasteiger partial charge on any atom is -0.400 e. The standard InChI is InChI=1S/C3H5NO.8CH4O/c4-2-1-3-5;8*1-2/h5H,1,3H2;8*2H,1H3. The highest BCUT2D eigenvalue weighted by atomic mass is 16.3. The molecule has 0 atom stereocenters. The molecule has 140 valence electrons. The van der Waals surface area contributed by atoms with Crippen LogP contribution in [0.3, 0.4) is 0 Å². The highest BCUT2D eigenvalue weighted by Crippen LogP contribution is 1.62. The van der Waals surface area contributed by atoms with E-state index in [2.05, 4.69) is 0 Å². The zero-order valence-corrected chi connectivity index (χ0v) is 14.4. The van der Waals surface area contributed by atoms with Crippen LogP contribution < -0.4 is 0 Å². The van der Waals surface area contributed by atoms with Gasteiger partial charge in [0.25, 0.3) is 0 Å². The van der Waals surface area contributed by atoms with E-state index in [4.69, 9.17) is 51.2 Å². The third kappa shape index (κ3) is 4400. The van der Waals surface area contributed by atoms with Crippen molar-refractivity contribution in [2.75, 3.05) is 63.5 Å². The van der Waals surface area contributed by atoms with Gasteiger partial charge in [-0.2, -0.15) is 5.26 Å². The maximum Gasteiger partial charge on any atom is 0.0645 e. The molecule has 0 aliphatic rings. The van der Waals surface area contributed by atoms with Crippen LogP contribution in [0.4, 0.5) is 0 Å². The summed E-state index contributed by atoms with van der Waals surface area (Å²) >= 11 is 0. The van der Waals surface area contributed by atoms with Crippen LogP contribution in [-0.4, -0.2) is 109 Å². The Morgan fingerprint density at radius 2 is 0.667 bits per heavy atom. The normalized spacial score (nSPS) is 3.81. The molecular formula is C11H37NO9. The van der Waals surface area contributed by atoms with Crippen LogP contribution >= 0.6 is 0 Å². The smallest absolute Gasteiger partial charge is 0.0645 e. The Morgan fingerprint density at radius 1 is 0.524 bits per heavy atom. The molecule has 9 N–H and O–H groups in total. The summed E-state index contributed by atoms with van der Waals surface area (Å²) in [6, 6.07) is 1.77. The molecule has 0 spiro atoms. The molecule has 21 heavy (non-hydrogen) atoms. The van der Waals surface area contributed by atoms with E-state index in [9.17, 15) is 0 Å². The van der Waals surface area contributed by atoms with Crippen molar-refractivity contribution in [1.29, 1.82) is 5.26 Å². The van der Waals surface area contributed by atoms with E-state index >= 15 is 0 Å². The van der Waals surface area contributed by atoms with E-state index < -0.39 is 0 Å². The maximum atomic E-state index is 7.84. The molecule has 10 nitrogen and oxygen atoms in total. The monoisotopic (exact) mass is 327 g/mol. The van der Waals surface area contributed by atoms with Crippen molar-refractivity contribution >= 4 is 0 Å². The lowest BCUT2D eigenvalue weighted by Gasteiger charge is -1.67. The molecule has 0 heterocycles. The molecule has 0 amide bonds. The molecule has 0 aromatic heterocycles. The minimum atomic E-state index is -0.0174. The van der Waals surface area contributed by atoms with Crippen LogP contribution in [0.5, 0.6) is 0 Å². The third-order valence-electron chi connectivity index (χ3n) is 0.224. The number of nitriles is 1. The van der Waals surface area contributed by atoms with Gasteiger partial charge in [-0.3, -0.25) is 0 Å². The largest absolute Gasteiger partial charge is 0.400 e. The molecule has 0 aromatic rings. The molecule has 0 aromatic carbocycles. The Balaban J connectivity index is -0.0000000115. The first kappa shape index (κ1) is 59.5. The fraction of sp³-hybridized carbons (Fsp3) is 0.909. The van der Waals surface area contributed by atoms with Gasteiger partial charge in [0.15, 0.2) is 0 Å². The Kier molecular flexibility index (Phi) is 3920. The van der Waals surface area contributed by atoms with Gasteiger partial charge in [-0.15, -0.1) is 0 Å². The van der Waals surface area contributed by atoms with Gasteiger partial charge in [0.05, 0.1) is 19.1 Å². The highest BCUT2D eigenvalue weighted by molar-refractivity contribution is 4.65. The molecule has 0 saturated carbocycles. The van der Waals surface area contributed by atoms with Crippen LogP contribution in [-0.2, 0) is 0 Å². The molecular weight excluding hydrogens is 290 g/mol. The molecule has 0 aliphatic carbocycles. The van der Waals surface area contributed by atoms with Gasteiger partial charge >= 0.3 is 0 Å². The first-order valence-corrected chi connectivity index (χ1v) is 4.97. The average molecular weight is 327 g/mol. The first-order valence-electron chi connectivity index (χ1n) is 4.97. The molecule has 0 unspecified atom stereocenters. The second kappa shape index (κ2) is 1390. The summed E-state index contributed by atoms with van der Waals surface area (Å²) in [5.74, 6) is 0. The predicted molar refractivity (Wildman–Crippen MR) is 82.5 cm³/mol. The highest BCUT2D eigenvalue weighted by Gasteiger charge is 1.66. The maximum absolute atomic E-state index is 7.84. The van der Waals surface area contributed by atoms with Crippen molar-refractivity contribution < 1.29 is 46.0 Å². The zero-order valence-electron chi connectivity index (χ0n) is 14.4. The quantitative estimate of drug-likeness (QED) is 0.235. The first-order chi connectivity index (χ1) is 10.4. The number of aliphatic hydroxyl groups excluding tert-OH is 9. The lowest BCUT2D eigenvalue weighted by atomic mass is 10.5. The second-order valence-electron chi connectivity index (χ2n) is 0.632. The van der Waals surface area contributed by atoms with Gasteiger partial charge in [-0.05, 0) is 0 Å². The minimum absolute atomic E-state index is 0.0174. The summed E-state index contributed by atoms with van der Waals surface area (Å²) in [7, 11) is 8.00. The van der Waals surface area contributed by atoms with E-state index in [1.807, 2.05) is 0 Å². The van der Waals surface area contributed by atoms with Crippen LogP contribution in [0.25, 0.3) is 0 Å². The van der Waals surface area contributed by atoms with Gasteiger partial charge < -0.3 is 46.0 Å². The fourth-order valence-corrected chi connectivity index (χ4v) is 0.0500. The topological polar surface area (TPSA) is 206 Å². The van der Waals surface area contributed by atoms with Gasteiger partial charge in [-0.25, -0.2) is 0 Å².